The number of aromatic nitrogens is 4. The summed E-state index contributed by atoms with van der Waals surface area (Å²) in [5.74, 6) is -6.68. The number of thioether (sulfide) groups is 1. The van der Waals surface area contributed by atoms with Gasteiger partial charge in [-0.05, 0) is 29.7 Å². The van der Waals surface area contributed by atoms with E-state index < -0.39 is 151 Å². The summed E-state index contributed by atoms with van der Waals surface area (Å²) in [7, 11) is -16.6. The highest BCUT2D eigenvalue weighted by molar-refractivity contribution is 8.13. The Morgan fingerprint density at radius 3 is 2.14 bits per heavy atom. The lowest BCUT2D eigenvalue weighted by Crippen LogP contribution is -2.55. The topological polar surface area (TPSA) is 535 Å². The molecule has 9 unspecified atom stereocenters. The van der Waals surface area contributed by atoms with E-state index >= 15 is 0 Å². The molecule has 2 aromatic carbocycles. The maximum absolute atomic E-state index is 13.8. The fourth-order valence-corrected chi connectivity index (χ4v) is 11.8. The molecule has 39 heteroatoms. The second-order valence-electron chi connectivity index (χ2n) is 20.7. The summed E-state index contributed by atoms with van der Waals surface area (Å²) in [6.45, 7) is 1.47. The number of benzene rings is 2. The zero-order valence-corrected chi connectivity index (χ0v) is 52.1. The number of unbranched alkanes of at least 4 members (excludes halogenated alkanes) is 2. The highest BCUT2D eigenvalue weighted by atomic mass is 32.2. The van der Waals surface area contributed by atoms with Crippen molar-refractivity contribution >= 4 is 98.8 Å². The zero-order chi connectivity index (χ0) is 66.6. The van der Waals surface area contributed by atoms with E-state index in [-0.39, 0.29) is 78.5 Å². The molecule has 5 amide bonds. The molecule has 3 heterocycles. The average Bonchev–Trinajstić information content (AvgIpc) is 1.68. The SMILES string of the molecule is CCCCCNC(=O)C(Cc1ccc(OCC(=O)SCCNC(=O)CCNC(=O)C(O)C(C)(C)COP(=O)(O)OP(=O)(O)OCC2OC(n3cnc4c(N)ncnc43)C(O)C2OP(=O)(O)O)c(C(=O)O)c1)NC(=O)C(Cc1ccccc1)NC(=O)CCC(=O)O. The first-order chi connectivity index (χ1) is 42.3. The number of nitrogens with zero attached hydrogens (tertiary/aromatic N) is 4. The summed E-state index contributed by atoms with van der Waals surface area (Å²) in [4.78, 5) is 153. The molecule has 15 N–H and O–H groups in total. The third-order valence-electron chi connectivity index (χ3n) is 13.0. The summed E-state index contributed by atoms with van der Waals surface area (Å²) in [6.07, 6.45) is -6.27. The number of anilines is 1. The molecular formula is C51H71N10O25P3S. The van der Waals surface area contributed by atoms with Gasteiger partial charge in [-0.15, -0.1) is 0 Å². The van der Waals surface area contributed by atoms with Gasteiger partial charge in [-0.2, -0.15) is 4.31 Å². The minimum absolute atomic E-state index is 0.00313. The fourth-order valence-electron chi connectivity index (χ4n) is 8.44. The van der Waals surface area contributed by atoms with Gasteiger partial charge in [0.25, 0.3) is 0 Å². The molecule has 0 aliphatic carbocycles. The molecule has 1 saturated heterocycles. The molecule has 2 aromatic heterocycles. The Kier molecular flexibility index (Phi) is 27.9. The third-order valence-corrected chi connectivity index (χ3v) is 17.0. The number of nitrogens with two attached hydrogens (primary N) is 1. The van der Waals surface area contributed by atoms with Gasteiger partial charge in [0.2, 0.25) is 34.7 Å². The summed E-state index contributed by atoms with van der Waals surface area (Å²) in [5.41, 5.74) is 4.65. The van der Waals surface area contributed by atoms with Crippen molar-refractivity contribution in [2.75, 3.05) is 50.9 Å². The highest BCUT2D eigenvalue weighted by Crippen LogP contribution is 2.61. The Bertz CT molecular complexity index is 3320. The predicted octanol–water partition coefficient (Wildman–Crippen LogP) is 0.368. The molecular weight excluding hydrogens is 1280 g/mol. The summed E-state index contributed by atoms with van der Waals surface area (Å²) < 4.78 is 68.2. The van der Waals surface area contributed by atoms with Crippen molar-refractivity contribution < 1.29 is 119 Å². The highest BCUT2D eigenvalue weighted by Gasteiger charge is 2.50. The number of nitrogen functional groups attached to an aromatic ring is 1. The van der Waals surface area contributed by atoms with E-state index in [4.69, 9.17) is 29.4 Å². The molecule has 9 atom stereocenters. The van der Waals surface area contributed by atoms with Crippen molar-refractivity contribution in [1.82, 2.24) is 46.1 Å². The monoisotopic (exact) mass is 1350 g/mol. The Morgan fingerprint density at radius 1 is 0.789 bits per heavy atom. The number of ether oxygens (including phenoxy) is 2. The van der Waals surface area contributed by atoms with E-state index in [1.165, 1.54) is 32.0 Å². The Morgan fingerprint density at radius 2 is 1.47 bits per heavy atom. The van der Waals surface area contributed by atoms with Gasteiger partial charge in [-0.3, -0.25) is 51.7 Å². The molecule has 5 rings (SSSR count). The minimum atomic E-state index is -5.66. The quantitative estimate of drug-likeness (QED) is 0.0213. The van der Waals surface area contributed by atoms with Crippen LogP contribution >= 0.6 is 35.2 Å². The summed E-state index contributed by atoms with van der Waals surface area (Å²) in [5, 5.41) is 53.1. The van der Waals surface area contributed by atoms with Crippen molar-refractivity contribution in [2.24, 2.45) is 5.41 Å². The molecule has 4 aromatic rings. The van der Waals surface area contributed by atoms with Gasteiger partial charge in [-0.1, -0.05) is 81.8 Å². The number of carboxylic acids is 2. The molecule has 1 fully saturated rings. The maximum atomic E-state index is 13.8. The molecule has 0 radical (unpaired) electrons. The lowest BCUT2D eigenvalue weighted by atomic mass is 9.87. The largest absolute Gasteiger partial charge is 0.484 e. The van der Waals surface area contributed by atoms with Crippen LogP contribution in [-0.4, -0.2) is 188 Å². The predicted molar refractivity (Wildman–Crippen MR) is 313 cm³/mol. The number of phosphoric acid groups is 3. The van der Waals surface area contributed by atoms with Gasteiger partial charge in [0.1, 0.15) is 59.7 Å². The summed E-state index contributed by atoms with van der Waals surface area (Å²) >= 11 is 0.734. The van der Waals surface area contributed by atoms with Gasteiger partial charge in [0.15, 0.2) is 24.3 Å². The number of aliphatic carboxylic acids is 1. The number of imidazole rings is 1. The van der Waals surface area contributed by atoms with Crippen LogP contribution < -0.4 is 37.1 Å². The smallest absolute Gasteiger partial charge is 0.481 e. The first-order valence-corrected chi connectivity index (χ1v) is 33.0. The van der Waals surface area contributed by atoms with Crippen molar-refractivity contribution in [1.29, 1.82) is 0 Å². The number of phosphoric ester groups is 3. The van der Waals surface area contributed by atoms with Crippen LogP contribution in [0.3, 0.4) is 0 Å². The molecule has 1 aliphatic heterocycles. The molecule has 35 nitrogen and oxygen atoms in total. The van der Waals surface area contributed by atoms with Crippen LogP contribution in [0.4, 0.5) is 5.82 Å². The molecule has 90 heavy (non-hydrogen) atoms. The molecule has 1 aliphatic rings. The van der Waals surface area contributed by atoms with Crippen LogP contribution in [-0.2, 0) is 82.7 Å². The number of fused-ring (bicyclic) bond motifs is 1. The normalized spacial score (nSPS) is 18.2. The number of rotatable bonds is 38. The molecule has 0 saturated carbocycles. The van der Waals surface area contributed by atoms with Crippen LogP contribution in [0, 0.1) is 5.41 Å². The van der Waals surface area contributed by atoms with E-state index in [2.05, 4.69) is 50.4 Å². The number of nitrogens with one attached hydrogen (secondary N) is 5. The van der Waals surface area contributed by atoms with Gasteiger partial charge >= 0.3 is 35.4 Å². The molecule has 0 spiro atoms. The third kappa shape index (κ3) is 23.8. The van der Waals surface area contributed by atoms with Crippen LogP contribution in [0.25, 0.3) is 11.2 Å². The number of amides is 5. The second kappa shape index (κ2) is 34.0. The first kappa shape index (κ1) is 73.9. The fraction of sp³-hybridized carbons (Fsp3) is 0.510. The zero-order valence-electron chi connectivity index (χ0n) is 48.6. The van der Waals surface area contributed by atoms with Crippen molar-refractivity contribution in [2.45, 2.75) is 115 Å². The van der Waals surface area contributed by atoms with Crippen molar-refractivity contribution in [3.8, 4) is 5.75 Å². The first-order valence-electron chi connectivity index (χ1n) is 27.4. The van der Waals surface area contributed by atoms with E-state index in [1.54, 1.807) is 30.3 Å². The lowest BCUT2D eigenvalue weighted by molar-refractivity contribution is -0.139. The van der Waals surface area contributed by atoms with Crippen LogP contribution in [0.5, 0.6) is 5.75 Å². The Hall–Kier alpha value is -6.85. The number of carboxylic acid groups (broad SMARTS) is 2. The maximum Gasteiger partial charge on any atom is 0.481 e. The van der Waals surface area contributed by atoms with E-state index in [0.29, 0.717) is 12.0 Å². The van der Waals surface area contributed by atoms with Crippen LogP contribution in [0.2, 0.25) is 0 Å². The van der Waals surface area contributed by atoms with Gasteiger partial charge in [0, 0.05) is 56.5 Å². The minimum Gasteiger partial charge on any atom is -0.484 e. The summed E-state index contributed by atoms with van der Waals surface area (Å²) in [6, 6.07) is 10.0. The van der Waals surface area contributed by atoms with Gasteiger partial charge < -0.3 is 81.8 Å². The van der Waals surface area contributed by atoms with Crippen LogP contribution in [0.1, 0.15) is 87.0 Å². The Labute approximate surface area is 517 Å². The number of aliphatic hydroxyl groups excluding tert-OH is 2. The Balaban J connectivity index is 1.05. The number of carbonyl (C=O) groups excluding carboxylic acids is 6. The molecule has 496 valence electrons. The molecule has 0 bridgehead atoms. The number of carbonyl (C=O) groups is 8. The second-order valence-corrected chi connectivity index (χ2v) is 26.1. The number of hydrogen-bond acceptors (Lipinski definition) is 24. The van der Waals surface area contributed by atoms with Gasteiger partial charge in [0.05, 0.1) is 26.0 Å². The van der Waals surface area contributed by atoms with E-state index in [9.17, 15) is 86.9 Å². The van der Waals surface area contributed by atoms with E-state index in [1.807, 2.05) is 6.92 Å². The van der Waals surface area contributed by atoms with Crippen LogP contribution in [0.15, 0.2) is 61.2 Å². The van der Waals surface area contributed by atoms with Crippen molar-refractivity contribution in [3.05, 3.63) is 77.9 Å². The number of aliphatic hydroxyl groups is 2. The standard InChI is InChI=1S/C51H71N10O25P3S/c1-4-5-9-17-54-46(69)32(60-47(70)33(22-29-10-7-6-8-11-29)59-37(63)14-15-38(64)65)23-30-12-13-34(31(21-30)50(72)73)81-25-39(66)90-20-19-53-36(62)16-18-55-48(71)43(68)51(2,3)26-83-89(79,80)86-88(77,78)82-24-35-42(85-87(74,75)76)41(67)49(84-35)61-28-58-40-44(52)56-27-57-45(40)61/h6-8,10-13,21,27-28,32-33,35,41-43,49,67-68H,4-5,9,14-20,22-26H2,1-3H3,(H,53,62)(H,54,69)(H,55,71)(H,59,63)(H,60,70)(H,64,65)(H,72,73)(H,77,78)(H,79,80)(H2,52,56,57)(H2,74,75,76). The number of aromatic carboxylic acids is 1. The average molecular weight is 1350 g/mol. The van der Waals surface area contributed by atoms with Crippen molar-refractivity contribution in [3.63, 3.8) is 0 Å². The lowest BCUT2D eigenvalue weighted by Gasteiger charge is -2.30. The van der Waals surface area contributed by atoms with Gasteiger partial charge in [-0.25, -0.2) is 33.4 Å². The number of hydrogen-bond donors (Lipinski definition) is 14. The van der Waals surface area contributed by atoms with E-state index in [0.717, 1.165) is 41.8 Å².